The fraction of sp³-hybridized carbons (Fsp3) is 0.600. The third kappa shape index (κ3) is 5.12. The first kappa shape index (κ1) is 21.7. The van der Waals surface area contributed by atoms with E-state index in [9.17, 15) is 10.2 Å². The first-order valence-electron chi connectivity index (χ1n) is 9.83. The lowest BCUT2D eigenvalue weighted by Gasteiger charge is -2.43. The number of aliphatic hydroxyl groups excluding tert-OH is 2. The molecule has 0 saturated carbocycles. The number of rotatable bonds is 7. The van der Waals surface area contributed by atoms with Gasteiger partial charge in [-0.25, -0.2) is 4.68 Å². The molecule has 2 heterocycles. The van der Waals surface area contributed by atoms with Crippen LogP contribution < -0.4 is 5.73 Å². The molecule has 1 fully saturated rings. The lowest BCUT2D eigenvalue weighted by Crippen LogP contribution is -2.60. The van der Waals surface area contributed by atoms with Crippen LogP contribution in [0.25, 0.3) is 11.3 Å². The summed E-state index contributed by atoms with van der Waals surface area (Å²) in [6.45, 7) is 7.65. The minimum absolute atomic E-state index is 0.161. The number of anilines is 1. The van der Waals surface area contributed by atoms with Gasteiger partial charge in [-0.05, 0) is 33.8 Å². The van der Waals surface area contributed by atoms with E-state index in [2.05, 4.69) is 10.3 Å². The van der Waals surface area contributed by atoms with Gasteiger partial charge in [-0.1, -0.05) is 23.4 Å². The Balaban J connectivity index is 1.81. The van der Waals surface area contributed by atoms with Gasteiger partial charge < -0.3 is 30.2 Å². The Hall–Kier alpha value is -2.04. The zero-order valence-electron chi connectivity index (χ0n) is 17.2. The van der Waals surface area contributed by atoms with Gasteiger partial charge in [0.05, 0.1) is 24.9 Å². The number of nitrogens with two attached hydrogens (primary N) is 1. The van der Waals surface area contributed by atoms with E-state index in [-0.39, 0.29) is 18.8 Å². The molecule has 1 saturated heterocycles. The van der Waals surface area contributed by atoms with E-state index in [0.717, 1.165) is 5.56 Å². The predicted molar refractivity (Wildman–Crippen MR) is 107 cm³/mol. The summed E-state index contributed by atoms with van der Waals surface area (Å²) in [7, 11) is 0. The summed E-state index contributed by atoms with van der Waals surface area (Å²) in [6, 6.07) is 7.41. The Morgan fingerprint density at radius 3 is 2.45 bits per heavy atom. The van der Waals surface area contributed by atoms with Gasteiger partial charge in [0.15, 0.2) is 6.29 Å². The molecule has 29 heavy (non-hydrogen) atoms. The maximum absolute atomic E-state index is 10.6. The fourth-order valence-electron chi connectivity index (χ4n) is 3.34. The molecule has 1 aromatic carbocycles. The highest BCUT2D eigenvalue weighted by atomic mass is 16.7. The minimum Gasteiger partial charge on any atom is -0.398 e. The SMILES string of the molecule is CC(C)O[C@@H]1OC(Cn2cc(-c3ccccc3N)nn2)[C@@H](OC(C)C)C(O)C1O. The monoisotopic (exact) mass is 406 g/mol. The van der Waals surface area contributed by atoms with Crippen LogP contribution in [-0.2, 0) is 20.8 Å². The molecule has 0 bridgehead atoms. The van der Waals surface area contributed by atoms with Crippen LogP contribution in [0.1, 0.15) is 27.7 Å². The summed E-state index contributed by atoms with van der Waals surface area (Å²) in [5, 5.41) is 29.4. The molecule has 0 spiro atoms. The Morgan fingerprint density at radius 1 is 1.10 bits per heavy atom. The second-order valence-corrected chi connectivity index (χ2v) is 7.77. The molecule has 0 radical (unpaired) electrons. The highest BCUT2D eigenvalue weighted by molar-refractivity contribution is 5.72. The van der Waals surface area contributed by atoms with Crippen molar-refractivity contribution in [3.05, 3.63) is 30.5 Å². The van der Waals surface area contributed by atoms with Gasteiger partial charge in [-0.2, -0.15) is 0 Å². The zero-order chi connectivity index (χ0) is 21.1. The third-order valence-corrected chi connectivity index (χ3v) is 4.62. The molecule has 1 aliphatic rings. The standard InChI is InChI=1S/C20H30N4O5/c1-11(2)27-19-16(29-20(28-12(3)4)18(26)17(19)25)10-24-9-15(22-23-24)13-7-5-6-8-14(13)21/h5-9,11-12,16-20,25-26H,10,21H2,1-4H3/t16?,17?,18?,19-,20-/m1/s1. The molecule has 0 amide bonds. The van der Waals surface area contributed by atoms with Gasteiger partial charge in [-0.15, -0.1) is 5.10 Å². The largest absolute Gasteiger partial charge is 0.398 e. The lowest BCUT2D eigenvalue weighted by atomic mass is 9.98. The third-order valence-electron chi connectivity index (χ3n) is 4.62. The van der Waals surface area contributed by atoms with Crippen LogP contribution in [0.5, 0.6) is 0 Å². The number of hydrogen-bond acceptors (Lipinski definition) is 8. The average Bonchev–Trinajstić information content (AvgIpc) is 3.11. The van der Waals surface area contributed by atoms with Crippen LogP contribution in [0, 0.1) is 0 Å². The van der Waals surface area contributed by atoms with Gasteiger partial charge >= 0.3 is 0 Å². The molecule has 9 heteroatoms. The van der Waals surface area contributed by atoms with Crippen molar-refractivity contribution in [3.63, 3.8) is 0 Å². The first-order valence-corrected chi connectivity index (χ1v) is 9.83. The summed E-state index contributed by atoms with van der Waals surface area (Å²) in [5.41, 5.74) is 8.05. The van der Waals surface area contributed by atoms with Crippen LogP contribution in [0.4, 0.5) is 5.69 Å². The smallest absolute Gasteiger partial charge is 0.186 e. The van der Waals surface area contributed by atoms with Crippen molar-refractivity contribution in [1.82, 2.24) is 15.0 Å². The maximum Gasteiger partial charge on any atom is 0.186 e. The molecule has 1 aliphatic heterocycles. The second-order valence-electron chi connectivity index (χ2n) is 7.77. The Labute approximate surface area is 170 Å². The number of aliphatic hydroxyl groups is 2. The summed E-state index contributed by atoms with van der Waals surface area (Å²) < 4.78 is 19.1. The van der Waals surface area contributed by atoms with E-state index in [1.807, 2.05) is 45.9 Å². The van der Waals surface area contributed by atoms with Crippen molar-refractivity contribution in [1.29, 1.82) is 0 Å². The molecular weight excluding hydrogens is 376 g/mol. The van der Waals surface area contributed by atoms with Crippen molar-refractivity contribution >= 4 is 5.69 Å². The van der Waals surface area contributed by atoms with Crippen molar-refractivity contribution < 1.29 is 24.4 Å². The van der Waals surface area contributed by atoms with E-state index in [0.29, 0.717) is 11.4 Å². The molecular formula is C20H30N4O5. The van der Waals surface area contributed by atoms with Crippen molar-refractivity contribution in [2.24, 2.45) is 0 Å². The highest BCUT2D eigenvalue weighted by Gasteiger charge is 2.46. The second kappa shape index (κ2) is 9.19. The van der Waals surface area contributed by atoms with Crippen LogP contribution in [0.15, 0.2) is 30.5 Å². The van der Waals surface area contributed by atoms with Crippen molar-refractivity contribution in [2.45, 2.75) is 77.2 Å². The van der Waals surface area contributed by atoms with Crippen LogP contribution >= 0.6 is 0 Å². The lowest BCUT2D eigenvalue weighted by molar-refractivity contribution is -0.316. The van der Waals surface area contributed by atoms with E-state index >= 15 is 0 Å². The van der Waals surface area contributed by atoms with Gasteiger partial charge in [0.25, 0.3) is 0 Å². The first-order chi connectivity index (χ1) is 13.8. The summed E-state index contributed by atoms with van der Waals surface area (Å²) in [6.07, 6.45) is -3.25. The summed E-state index contributed by atoms with van der Waals surface area (Å²) in [5.74, 6) is 0. The number of nitrogens with zero attached hydrogens (tertiary/aromatic N) is 3. The molecule has 5 atom stereocenters. The highest BCUT2D eigenvalue weighted by Crippen LogP contribution is 2.28. The summed E-state index contributed by atoms with van der Waals surface area (Å²) >= 11 is 0. The quantitative estimate of drug-likeness (QED) is 0.586. The Morgan fingerprint density at radius 2 is 1.79 bits per heavy atom. The minimum atomic E-state index is -1.21. The summed E-state index contributed by atoms with van der Waals surface area (Å²) in [4.78, 5) is 0. The Bertz CT molecular complexity index is 797. The molecule has 3 rings (SSSR count). The predicted octanol–water partition coefficient (Wildman–Crippen LogP) is 1.19. The number of benzene rings is 1. The maximum atomic E-state index is 10.6. The van der Waals surface area contributed by atoms with Crippen LogP contribution in [0.2, 0.25) is 0 Å². The van der Waals surface area contributed by atoms with Crippen LogP contribution in [-0.4, -0.2) is 68.1 Å². The molecule has 3 unspecified atom stereocenters. The number of para-hydroxylation sites is 1. The van der Waals surface area contributed by atoms with Crippen molar-refractivity contribution in [2.75, 3.05) is 5.73 Å². The Kier molecular flexibility index (Phi) is 6.86. The number of aromatic nitrogens is 3. The van der Waals surface area contributed by atoms with Gasteiger partial charge in [0.2, 0.25) is 0 Å². The number of hydrogen-bond donors (Lipinski definition) is 3. The molecule has 9 nitrogen and oxygen atoms in total. The molecule has 2 aromatic rings. The normalized spacial score (nSPS) is 27.7. The molecule has 160 valence electrons. The van der Waals surface area contributed by atoms with E-state index < -0.39 is 30.7 Å². The number of nitrogen functional groups attached to an aromatic ring is 1. The van der Waals surface area contributed by atoms with E-state index in [1.165, 1.54) is 0 Å². The number of ether oxygens (including phenoxy) is 3. The molecule has 4 N–H and O–H groups in total. The average molecular weight is 406 g/mol. The van der Waals surface area contributed by atoms with Gasteiger partial charge in [-0.3, -0.25) is 0 Å². The molecule has 0 aliphatic carbocycles. The van der Waals surface area contributed by atoms with Gasteiger partial charge in [0.1, 0.15) is 30.1 Å². The fourth-order valence-corrected chi connectivity index (χ4v) is 3.34. The zero-order valence-corrected chi connectivity index (χ0v) is 17.2. The molecule has 1 aromatic heterocycles. The van der Waals surface area contributed by atoms with E-state index in [4.69, 9.17) is 19.9 Å². The van der Waals surface area contributed by atoms with Gasteiger partial charge in [0, 0.05) is 11.3 Å². The topological polar surface area (TPSA) is 125 Å². The van der Waals surface area contributed by atoms with Crippen LogP contribution in [0.3, 0.4) is 0 Å². The van der Waals surface area contributed by atoms with E-state index in [1.54, 1.807) is 16.9 Å². The van der Waals surface area contributed by atoms with Crippen molar-refractivity contribution in [3.8, 4) is 11.3 Å².